The predicted octanol–water partition coefficient (Wildman–Crippen LogP) is 2.45. The van der Waals surface area contributed by atoms with Gasteiger partial charge in [0.25, 0.3) is 0 Å². The van der Waals surface area contributed by atoms with Crippen LogP contribution in [0.1, 0.15) is 30.4 Å². The lowest BCUT2D eigenvalue weighted by Crippen LogP contribution is -2.46. The Morgan fingerprint density at radius 1 is 1.16 bits per heavy atom. The number of aryl methyl sites for hydroxylation is 1. The molecule has 0 saturated carbocycles. The number of hydrogen-bond acceptors (Lipinski definition) is 4. The predicted molar refractivity (Wildman–Crippen MR) is 97.5 cm³/mol. The van der Waals surface area contributed by atoms with Gasteiger partial charge in [0.1, 0.15) is 0 Å². The second kappa shape index (κ2) is 6.81. The van der Waals surface area contributed by atoms with Crippen molar-refractivity contribution >= 4 is 17.7 Å². The van der Waals surface area contributed by atoms with Crippen LogP contribution in [-0.4, -0.2) is 56.5 Å². The molecule has 1 aromatic rings. The zero-order valence-electron chi connectivity index (χ0n) is 14.9. The Morgan fingerprint density at radius 3 is 2.68 bits per heavy atom. The van der Waals surface area contributed by atoms with Gasteiger partial charge in [-0.3, -0.25) is 4.79 Å². The van der Waals surface area contributed by atoms with Gasteiger partial charge < -0.3 is 19.3 Å². The number of carbonyl (C=O) groups excluding carboxylic acids is 1. The number of carbonyl (C=O) groups is 1. The number of amides is 1. The molecule has 134 valence electrons. The van der Waals surface area contributed by atoms with Crippen molar-refractivity contribution in [2.24, 2.45) is 0 Å². The average molecular weight is 342 g/mol. The monoisotopic (exact) mass is 342 g/mol. The number of likely N-dealkylation sites (tertiary alicyclic amines) is 1. The van der Waals surface area contributed by atoms with Gasteiger partial charge in [-0.15, -0.1) is 0 Å². The summed E-state index contributed by atoms with van der Waals surface area (Å²) in [5.74, 6) is -0.354. The summed E-state index contributed by atoms with van der Waals surface area (Å²) in [6.07, 6.45) is 7.46. The minimum absolute atomic E-state index is 0.0719. The summed E-state index contributed by atoms with van der Waals surface area (Å²) in [6, 6.07) is 6.47. The van der Waals surface area contributed by atoms with E-state index in [4.69, 9.17) is 9.47 Å². The standard InChI is InChI=1S/C20H26N2O3/c1-21-10-2-3-17-15-16(4-6-18(17)21)5-7-19(23)22-11-8-20(9-12-22)24-13-14-25-20/h4-7,15H,2-3,8-14H2,1H3/b7-5+. The van der Waals surface area contributed by atoms with Crippen LogP contribution in [0.5, 0.6) is 0 Å². The number of benzene rings is 1. The van der Waals surface area contributed by atoms with Crippen LogP contribution in [0.3, 0.4) is 0 Å². The van der Waals surface area contributed by atoms with Crippen molar-refractivity contribution in [3.05, 3.63) is 35.4 Å². The highest BCUT2D eigenvalue weighted by Crippen LogP contribution is 2.31. The molecular weight excluding hydrogens is 316 g/mol. The Kier molecular flexibility index (Phi) is 4.52. The van der Waals surface area contributed by atoms with E-state index in [9.17, 15) is 4.79 Å². The molecular formula is C20H26N2O3. The van der Waals surface area contributed by atoms with Crippen molar-refractivity contribution in [3.63, 3.8) is 0 Å². The van der Waals surface area contributed by atoms with E-state index in [1.54, 1.807) is 6.08 Å². The lowest BCUT2D eigenvalue weighted by molar-refractivity contribution is -0.186. The van der Waals surface area contributed by atoms with Crippen LogP contribution in [-0.2, 0) is 20.7 Å². The van der Waals surface area contributed by atoms with Crippen LogP contribution in [0.25, 0.3) is 6.08 Å². The molecule has 0 aromatic heterocycles. The van der Waals surface area contributed by atoms with Crippen molar-refractivity contribution in [2.75, 3.05) is 44.8 Å². The maximum absolute atomic E-state index is 12.5. The highest BCUT2D eigenvalue weighted by Gasteiger charge is 2.40. The normalized spacial score (nSPS) is 22.6. The summed E-state index contributed by atoms with van der Waals surface area (Å²) in [5.41, 5.74) is 3.78. The molecule has 1 spiro atoms. The fourth-order valence-corrected chi connectivity index (χ4v) is 4.04. The highest BCUT2D eigenvalue weighted by atomic mass is 16.7. The van der Waals surface area contributed by atoms with Gasteiger partial charge >= 0.3 is 0 Å². The van der Waals surface area contributed by atoms with E-state index in [0.29, 0.717) is 26.3 Å². The third-order valence-corrected chi connectivity index (χ3v) is 5.52. The van der Waals surface area contributed by atoms with Gasteiger partial charge in [0.2, 0.25) is 5.91 Å². The number of piperidine rings is 1. The van der Waals surface area contributed by atoms with Crippen LogP contribution in [0.15, 0.2) is 24.3 Å². The van der Waals surface area contributed by atoms with E-state index in [0.717, 1.165) is 31.4 Å². The Bertz CT molecular complexity index is 670. The summed E-state index contributed by atoms with van der Waals surface area (Å²) in [5, 5.41) is 0. The molecule has 3 heterocycles. The van der Waals surface area contributed by atoms with Crippen molar-refractivity contribution < 1.29 is 14.3 Å². The molecule has 0 radical (unpaired) electrons. The molecule has 0 N–H and O–H groups in total. The molecule has 2 saturated heterocycles. The van der Waals surface area contributed by atoms with Gasteiger partial charge in [0, 0.05) is 51.3 Å². The van der Waals surface area contributed by atoms with Crippen molar-refractivity contribution in [3.8, 4) is 0 Å². The van der Waals surface area contributed by atoms with E-state index in [2.05, 4.69) is 30.1 Å². The summed E-state index contributed by atoms with van der Waals surface area (Å²) in [6.45, 7) is 3.84. The van der Waals surface area contributed by atoms with Crippen LogP contribution in [0.4, 0.5) is 5.69 Å². The molecule has 0 atom stereocenters. The summed E-state index contributed by atoms with van der Waals surface area (Å²) in [4.78, 5) is 16.7. The van der Waals surface area contributed by atoms with E-state index in [-0.39, 0.29) is 5.91 Å². The van der Waals surface area contributed by atoms with Crippen LogP contribution in [0, 0.1) is 0 Å². The third-order valence-electron chi connectivity index (χ3n) is 5.52. The van der Waals surface area contributed by atoms with E-state index in [1.165, 1.54) is 17.7 Å². The van der Waals surface area contributed by atoms with Gasteiger partial charge in [0.05, 0.1) is 13.2 Å². The van der Waals surface area contributed by atoms with E-state index >= 15 is 0 Å². The lowest BCUT2D eigenvalue weighted by atomic mass is 9.99. The maximum Gasteiger partial charge on any atom is 0.246 e. The lowest BCUT2D eigenvalue weighted by Gasteiger charge is -2.37. The van der Waals surface area contributed by atoms with Crippen LogP contribution < -0.4 is 4.90 Å². The van der Waals surface area contributed by atoms with Gasteiger partial charge in [0.15, 0.2) is 5.79 Å². The molecule has 5 heteroatoms. The van der Waals surface area contributed by atoms with Gasteiger partial charge in [-0.25, -0.2) is 0 Å². The first-order chi connectivity index (χ1) is 12.2. The first-order valence-corrected chi connectivity index (χ1v) is 9.24. The summed E-state index contributed by atoms with van der Waals surface area (Å²) in [7, 11) is 2.14. The first kappa shape index (κ1) is 16.6. The van der Waals surface area contributed by atoms with Crippen LogP contribution in [0.2, 0.25) is 0 Å². The zero-order valence-corrected chi connectivity index (χ0v) is 14.9. The second-order valence-electron chi connectivity index (χ2n) is 7.18. The quantitative estimate of drug-likeness (QED) is 0.774. The number of hydrogen-bond donors (Lipinski definition) is 0. The molecule has 3 aliphatic rings. The number of anilines is 1. The Balaban J connectivity index is 1.38. The first-order valence-electron chi connectivity index (χ1n) is 9.24. The van der Waals surface area contributed by atoms with E-state index < -0.39 is 5.79 Å². The van der Waals surface area contributed by atoms with E-state index in [1.807, 2.05) is 11.0 Å². The molecule has 3 aliphatic heterocycles. The highest BCUT2D eigenvalue weighted by molar-refractivity contribution is 5.92. The average Bonchev–Trinajstić information content (AvgIpc) is 3.08. The number of ether oxygens (including phenoxy) is 2. The number of nitrogens with zero attached hydrogens (tertiary/aromatic N) is 2. The summed E-state index contributed by atoms with van der Waals surface area (Å²) >= 11 is 0. The maximum atomic E-state index is 12.5. The van der Waals surface area contributed by atoms with Crippen molar-refractivity contribution in [1.82, 2.24) is 4.90 Å². The molecule has 4 rings (SSSR count). The van der Waals surface area contributed by atoms with Gasteiger partial charge in [-0.05, 0) is 42.2 Å². The topological polar surface area (TPSA) is 42.0 Å². The Morgan fingerprint density at radius 2 is 1.92 bits per heavy atom. The zero-order chi connectivity index (χ0) is 17.3. The third kappa shape index (κ3) is 3.44. The Hall–Kier alpha value is -1.85. The largest absolute Gasteiger partial charge is 0.374 e. The molecule has 25 heavy (non-hydrogen) atoms. The minimum atomic E-state index is -0.426. The molecule has 0 unspecified atom stereocenters. The van der Waals surface area contributed by atoms with Crippen molar-refractivity contribution in [1.29, 1.82) is 0 Å². The second-order valence-corrected chi connectivity index (χ2v) is 7.18. The summed E-state index contributed by atoms with van der Waals surface area (Å²) < 4.78 is 11.4. The van der Waals surface area contributed by atoms with Gasteiger partial charge in [-0.2, -0.15) is 0 Å². The number of fused-ring (bicyclic) bond motifs is 1. The van der Waals surface area contributed by atoms with Crippen molar-refractivity contribution in [2.45, 2.75) is 31.5 Å². The smallest absolute Gasteiger partial charge is 0.246 e. The molecule has 5 nitrogen and oxygen atoms in total. The fraction of sp³-hybridized carbons (Fsp3) is 0.550. The molecule has 1 amide bonds. The SMILES string of the molecule is CN1CCCc2cc(/C=C/C(=O)N3CCC4(CC3)OCCO4)ccc21. The molecule has 0 bridgehead atoms. The number of rotatable bonds is 2. The Labute approximate surface area is 149 Å². The van der Waals surface area contributed by atoms with Gasteiger partial charge in [-0.1, -0.05) is 6.07 Å². The molecule has 1 aromatic carbocycles. The van der Waals surface area contributed by atoms with Crippen LogP contribution >= 0.6 is 0 Å². The molecule has 0 aliphatic carbocycles. The fourth-order valence-electron chi connectivity index (χ4n) is 4.04. The minimum Gasteiger partial charge on any atom is -0.374 e. The molecule has 2 fully saturated rings.